The number of nitrogens with one attached hydrogen (secondary N) is 1. The van der Waals surface area contributed by atoms with E-state index < -0.39 is 0 Å². The molecule has 0 radical (unpaired) electrons. The smallest absolute Gasteiger partial charge is 0.262 e. The maximum Gasteiger partial charge on any atom is 0.262 e. The molecule has 1 aliphatic rings. The van der Waals surface area contributed by atoms with E-state index >= 15 is 0 Å². The number of fused-ring (bicyclic) bond motifs is 1. The molecule has 0 bridgehead atoms. The van der Waals surface area contributed by atoms with Crippen molar-refractivity contribution in [2.24, 2.45) is 0 Å². The maximum absolute atomic E-state index is 11.1. The third-order valence-corrected chi connectivity index (χ3v) is 2.24. The summed E-state index contributed by atoms with van der Waals surface area (Å²) >= 11 is 0. The van der Waals surface area contributed by atoms with Gasteiger partial charge in [-0.05, 0) is 24.1 Å². The number of aliphatic hydroxyl groups excluding tert-OH is 1. The zero-order chi connectivity index (χ0) is 11.4. The van der Waals surface area contributed by atoms with Gasteiger partial charge in [0.05, 0.1) is 5.69 Å². The Kier molecular flexibility index (Phi) is 3.22. The highest BCUT2D eigenvalue weighted by atomic mass is 16.5. The summed E-state index contributed by atoms with van der Waals surface area (Å²) < 4.78 is 5.24. The van der Waals surface area contributed by atoms with Crippen molar-refractivity contribution in [1.82, 2.24) is 0 Å². The van der Waals surface area contributed by atoms with Crippen LogP contribution in [0.1, 0.15) is 12.0 Å². The van der Waals surface area contributed by atoms with Crippen molar-refractivity contribution in [1.29, 1.82) is 0 Å². The van der Waals surface area contributed by atoms with Crippen molar-refractivity contribution in [3.63, 3.8) is 0 Å². The Labute approximate surface area is 93.5 Å². The molecule has 0 aliphatic carbocycles. The molecule has 0 aromatic heterocycles. The first-order valence-corrected chi connectivity index (χ1v) is 5.13. The highest BCUT2D eigenvalue weighted by Crippen LogP contribution is 2.28. The van der Waals surface area contributed by atoms with E-state index in [4.69, 9.17) is 9.84 Å². The quantitative estimate of drug-likeness (QED) is 0.808. The van der Waals surface area contributed by atoms with Crippen molar-refractivity contribution in [2.75, 3.05) is 18.5 Å². The van der Waals surface area contributed by atoms with Crippen LogP contribution in [0.2, 0.25) is 0 Å². The van der Waals surface area contributed by atoms with Gasteiger partial charge in [-0.1, -0.05) is 18.2 Å². The lowest BCUT2D eigenvalue weighted by Crippen LogP contribution is -2.25. The van der Waals surface area contributed by atoms with Crippen molar-refractivity contribution >= 4 is 17.7 Å². The Morgan fingerprint density at radius 3 is 3.19 bits per heavy atom. The monoisotopic (exact) mass is 219 g/mol. The number of carbonyl (C=O) groups excluding carboxylic acids is 1. The topological polar surface area (TPSA) is 58.6 Å². The van der Waals surface area contributed by atoms with Crippen LogP contribution in [-0.2, 0) is 4.79 Å². The molecule has 16 heavy (non-hydrogen) atoms. The van der Waals surface area contributed by atoms with E-state index in [1.165, 1.54) is 0 Å². The third-order valence-electron chi connectivity index (χ3n) is 2.24. The number of ether oxygens (including phenoxy) is 1. The molecule has 4 heteroatoms. The number of hydrogen-bond acceptors (Lipinski definition) is 3. The Bertz CT molecular complexity index is 426. The van der Waals surface area contributed by atoms with Crippen LogP contribution >= 0.6 is 0 Å². The summed E-state index contributed by atoms with van der Waals surface area (Å²) in [6.07, 6.45) is 4.41. The van der Waals surface area contributed by atoms with E-state index in [9.17, 15) is 4.79 Å². The van der Waals surface area contributed by atoms with Gasteiger partial charge in [-0.2, -0.15) is 0 Å². The minimum atomic E-state index is -0.135. The Morgan fingerprint density at radius 1 is 1.50 bits per heavy atom. The molecule has 0 saturated heterocycles. The summed E-state index contributed by atoms with van der Waals surface area (Å²) in [4.78, 5) is 11.1. The number of anilines is 1. The molecule has 0 fully saturated rings. The minimum Gasteiger partial charge on any atom is -0.482 e. The number of carbonyl (C=O) groups is 1. The fourth-order valence-electron chi connectivity index (χ4n) is 1.50. The number of benzene rings is 1. The van der Waals surface area contributed by atoms with Gasteiger partial charge in [0.25, 0.3) is 5.91 Å². The zero-order valence-electron chi connectivity index (χ0n) is 8.77. The third kappa shape index (κ3) is 2.41. The van der Waals surface area contributed by atoms with Gasteiger partial charge in [0.1, 0.15) is 5.75 Å². The molecular formula is C12H13NO3. The van der Waals surface area contributed by atoms with Crippen molar-refractivity contribution in [3.05, 3.63) is 29.8 Å². The van der Waals surface area contributed by atoms with Crippen molar-refractivity contribution in [3.8, 4) is 5.75 Å². The summed E-state index contributed by atoms with van der Waals surface area (Å²) in [6.45, 7) is 0.216. The highest BCUT2D eigenvalue weighted by Gasteiger charge is 2.15. The number of amides is 1. The van der Waals surface area contributed by atoms with Gasteiger partial charge >= 0.3 is 0 Å². The van der Waals surface area contributed by atoms with E-state index in [0.717, 1.165) is 5.56 Å². The van der Waals surface area contributed by atoms with E-state index in [1.54, 1.807) is 0 Å². The van der Waals surface area contributed by atoms with Gasteiger partial charge < -0.3 is 15.2 Å². The number of rotatable bonds is 3. The number of hydrogen-bond donors (Lipinski definition) is 2. The van der Waals surface area contributed by atoms with E-state index in [1.807, 2.05) is 30.4 Å². The molecule has 4 nitrogen and oxygen atoms in total. The predicted octanol–water partition coefficient (Wildman–Crippen LogP) is 1.41. The highest BCUT2D eigenvalue weighted by molar-refractivity contribution is 5.95. The first-order chi connectivity index (χ1) is 7.79. The number of aliphatic hydroxyl groups is 1. The molecule has 0 saturated carbocycles. The van der Waals surface area contributed by atoms with Gasteiger partial charge in [0.2, 0.25) is 0 Å². The van der Waals surface area contributed by atoms with Crippen LogP contribution in [0.25, 0.3) is 6.08 Å². The fourth-order valence-corrected chi connectivity index (χ4v) is 1.50. The van der Waals surface area contributed by atoms with Crippen LogP contribution in [0.5, 0.6) is 5.75 Å². The zero-order valence-corrected chi connectivity index (χ0v) is 8.77. The molecule has 2 rings (SSSR count). The van der Waals surface area contributed by atoms with Crippen LogP contribution in [0, 0.1) is 0 Å². The van der Waals surface area contributed by atoms with Crippen molar-refractivity contribution in [2.45, 2.75) is 6.42 Å². The standard InChI is InChI=1S/C12H13NO3/c14-6-2-1-3-9-4-5-11-10(7-9)13-12(15)8-16-11/h1,3-5,7,14H,2,6,8H2,(H,13,15). The Morgan fingerprint density at radius 2 is 2.38 bits per heavy atom. The molecule has 84 valence electrons. The molecule has 0 spiro atoms. The summed E-state index contributed by atoms with van der Waals surface area (Å²) in [7, 11) is 0. The van der Waals surface area contributed by atoms with Crippen LogP contribution in [0.3, 0.4) is 0 Å². The molecule has 1 aromatic carbocycles. The molecule has 1 aromatic rings. The van der Waals surface area contributed by atoms with Gasteiger partial charge in [-0.3, -0.25) is 4.79 Å². The maximum atomic E-state index is 11.1. The van der Waals surface area contributed by atoms with Crippen LogP contribution in [0.15, 0.2) is 24.3 Å². The van der Waals surface area contributed by atoms with Gasteiger partial charge in [-0.15, -0.1) is 0 Å². The Hall–Kier alpha value is -1.81. The molecule has 0 atom stereocenters. The second-order valence-corrected chi connectivity index (χ2v) is 3.51. The van der Waals surface area contributed by atoms with Crippen LogP contribution in [-0.4, -0.2) is 24.2 Å². The Balaban J connectivity index is 2.18. The lowest BCUT2D eigenvalue weighted by Gasteiger charge is -2.17. The lowest BCUT2D eigenvalue weighted by molar-refractivity contribution is -0.118. The SMILES string of the molecule is O=C1COc2ccc(C=CCCO)cc2N1. The summed E-state index contributed by atoms with van der Waals surface area (Å²) in [6, 6.07) is 5.58. The summed E-state index contributed by atoms with van der Waals surface area (Å²) in [5, 5.41) is 11.4. The van der Waals surface area contributed by atoms with E-state index in [-0.39, 0.29) is 19.1 Å². The van der Waals surface area contributed by atoms with Crippen LogP contribution in [0.4, 0.5) is 5.69 Å². The average molecular weight is 219 g/mol. The first kappa shape index (κ1) is 10.7. The molecule has 1 heterocycles. The van der Waals surface area contributed by atoms with Crippen LogP contribution < -0.4 is 10.1 Å². The van der Waals surface area contributed by atoms with E-state index in [2.05, 4.69) is 5.32 Å². The molecular weight excluding hydrogens is 206 g/mol. The van der Waals surface area contributed by atoms with Gasteiger partial charge in [0, 0.05) is 6.61 Å². The molecule has 2 N–H and O–H groups in total. The van der Waals surface area contributed by atoms with E-state index in [0.29, 0.717) is 17.9 Å². The predicted molar refractivity (Wildman–Crippen MR) is 61.3 cm³/mol. The van der Waals surface area contributed by atoms with Crippen molar-refractivity contribution < 1.29 is 14.6 Å². The van der Waals surface area contributed by atoms with Gasteiger partial charge in [-0.25, -0.2) is 0 Å². The summed E-state index contributed by atoms with van der Waals surface area (Å²) in [5.74, 6) is 0.558. The fraction of sp³-hybridized carbons (Fsp3) is 0.250. The van der Waals surface area contributed by atoms with Gasteiger partial charge in [0.15, 0.2) is 6.61 Å². The molecule has 1 amide bonds. The first-order valence-electron chi connectivity index (χ1n) is 5.13. The second kappa shape index (κ2) is 4.81. The average Bonchev–Trinajstić information content (AvgIpc) is 2.29. The lowest BCUT2D eigenvalue weighted by atomic mass is 10.1. The normalized spacial score (nSPS) is 14.4. The minimum absolute atomic E-state index is 0.0761. The molecule has 0 unspecified atom stereocenters. The largest absolute Gasteiger partial charge is 0.482 e. The molecule has 1 aliphatic heterocycles. The summed E-state index contributed by atoms with van der Waals surface area (Å²) in [5.41, 5.74) is 1.67. The second-order valence-electron chi connectivity index (χ2n) is 3.51.